The van der Waals surface area contributed by atoms with Gasteiger partial charge in [-0.2, -0.15) is 0 Å². The minimum atomic E-state index is -0.184. The fraction of sp³-hybridized carbons (Fsp3) is 0.238. The van der Waals surface area contributed by atoms with Gasteiger partial charge in [0.25, 0.3) is 0 Å². The molecule has 0 nitrogen and oxygen atoms in total. The second-order valence-electron chi connectivity index (χ2n) is 6.81. The van der Waals surface area contributed by atoms with E-state index in [2.05, 4.69) is 62.4 Å². The number of hydrogen-bond donors (Lipinski definition) is 0. The Balaban J connectivity index is 0.00000169. The predicted octanol–water partition coefficient (Wildman–Crippen LogP) is 6.76. The van der Waals surface area contributed by atoms with Crippen LogP contribution in [-0.2, 0) is 26.2 Å². The van der Waals surface area contributed by atoms with Crippen LogP contribution >= 0.6 is 23.2 Å². The van der Waals surface area contributed by atoms with Gasteiger partial charge in [0, 0.05) is 31.6 Å². The van der Waals surface area contributed by atoms with E-state index in [0.717, 1.165) is 0 Å². The maximum Gasteiger partial charge on any atom is 0.0812 e. The predicted molar refractivity (Wildman–Crippen MR) is 99.8 cm³/mol. The van der Waals surface area contributed by atoms with Gasteiger partial charge in [-0.3, -0.25) is 0 Å². The Labute approximate surface area is 172 Å². The minimum absolute atomic E-state index is 0. The molecule has 2 aromatic rings. The number of halogens is 2. The van der Waals surface area contributed by atoms with E-state index in [1.165, 1.54) is 33.4 Å². The molecule has 0 heterocycles. The van der Waals surface area contributed by atoms with Gasteiger partial charge in [0.2, 0.25) is 0 Å². The van der Waals surface area contributed by atoms with Crippen LogP contribution in [0.15, 0.2) is 59.7 Å². The number of benzene rings is 2. The summed E-state index contributed by atoms with van der Waals surface area (Å²) in [5.74, 6) is 0. The van der Waals surface area contributed by atoms with Crippen molar-refractivity contribution in [2.45, 2.75) is 24.6 Å². The molecule has 2 atom stereocenters. The van der Waals surface area contributed by atoms with E-state index in [-0.39, 0.29) is 42.4 Å². The maximum atomic E-state index is 6.79. The molecule has 0 saturated carbocycles. The van der Waals surface area contributed by atoms with Crippen LogP contribution in [0.2, 0.25) is 0 Å². The first kappa shape index (κ1) is 18.2. The molecule has 0 aromatic heterocycles. The Kier molecular flexibility index (Phi) is 5.00. The summed E-state index contributed by atoms with van der Waals surface area (Å²) < 4.78 is 0. The van der Waals surface area contributed by atoms with E-state index in [1.807, 2.05) is 12.1 Å². The Morgan fingerprint density at radius 3 is 1.46 bits per heavy atom. The van der Waals surface area contributed by atoms with Crippen molar-refractivity contribution >= 4 is 35.4 Å². The third-order valence-corrected chi connectivity index (χ3v) is 6.09. The Hall–Kier alpha value is -0.617. The topological polar surface area (TPSA) is 0 Å². The molecule has 2 aromatic carbocycles. The van der Waals surface area contributed by atoms with Gasteiger partial charge in [0.15, 0.2) is 0 Å². The molecule has 3 heteroatoms. The summed E-state index contributed by atoms with van der Waals surface area (Å²) in [6.45, 7) is 4.46. The molecule has 2 unspecified atom stereocenters. The third kappa shape index (κ3) is 2.70. The quantitative estimate of drug-likeness (QED) is 0.460. The molecule has 0 bridgehead atoms. The molecular weight excluding hydrogens is 414 g/mol. The van der Waals surface area contributed by atoms with Crippen molar-refractivity contribution in [3.8, 4) is 0 Å². The number of alkyl halides is 2. The van der Waals surface area contributed by atoms with Crippen molar-refractivity contribution in [2.75, 3.05) is 0 Å². The molecule has 0 aliphatic heterocycles. The summed E-state index contributed by atoms with van der Waals surface area (Å²) in [6, 6.07) is 16.7. The number of fused-ring (bicyclic) bond motifs is 2. The average molecular weight is 433 g/mol. The maximum absolute atomic E-state index is 6.79. The number of hydrogen-bond acceptors (Lipinski definition) is 0. The van der Waals surface area contributed by atoms with E-state index < -0.39 is 0 Å². The molecule has 2 aliphatic carbocycles. The summed E-state index contributed by atoms with van der Waals surface area (Å²) in [7, 11) is 0. The SMILES string of the molecule is CC(C)(C1=Cc2ccccc2C1Cl)C1=Cc2ccccc2C1Cl.[Zr]. The fourth-order valence-corrected chi connectivity index (χ4v) is 4.79. The van der Waals surface area contributed by atoms with Gasteiger partial charge in [-0.15, -0.1) is 23.2 Å². The molecule has 0 radical (unpaired) electrons. The van der Waals surface area contributed by atoms with Crippen LogP contribution in [0.4, 0.5) is 0 Å². The third-order valence-electron chi connectivity index (χ3n) is 5.15. The fourth-order valence-electron chi connectivity index (χ4n) is 3.72. The summed E-state index contributed by atoms with van der Waals surface area (Å²) in [6.07, 6.45) is 4.47. The molecule has 0 N–H and O–H groups in total. The first-order valence-corrected chi connectivity index (χ1v) is 8.77. The summed E-state index contributed by atoms with van der Waals surface area (Å²) in [4.78, 5) is 0. The number of allylic oxidation sites excluding steroid dienone is 2. The number of rotatable bonds is 2. The van der Waals surface area contributed by atoms with Crippen LogP contribution in [0.5, 0.6) is 0 Å². The van der Waals surface area contributed by atoms with Gasteiger partial charge in [0.1, 0.15) is 0 Å². The zero-order valence-electron chi connectivity index (χ0n) is 13.7. The van der Waals surface area contributed by atoms with Crippen LogP contribution in [0.25, 0.3) is 12.2 Å². The zero-order chi connectivity index (χ0) is 16.2. The van der Waals surface area contributed by atoms with Gasteiger partial charge in [0.05, 0.1) is 10.8 Å². The molecule has 0 amide bonds. The van der Waals surface area contributed by atoms with Crippen LogP contribution in [0.1, 0.15) is 46.9 Å². The first-order chi connectivity index (χ1) is 11.0. The normalized spacial score (nSPS) is 21.5. The molecule has 120 valence electrons. The monoisotopic (exact) mass is 430 g/mol. The van der Waals surface area contributed by atoms with Crippen molar-refractivity contribution in [1.29, 1.82) is 0 Å². The average Bonchev–Trinajstić information content (AvgIpc) is 3.07. The Morgan fingerprint density at radius 2 is 1.08 bits per heavy atom. The summed E-state index contributed by atoms with van der Waals surface area (Å²) >= 11 is 13.6. The Morgan fingerprint density at radius 1 is 0.708 bits per heavy atom. The molecule has 2 aliphatic rings. The van der Waals surface area contributed by atoms with E-state index >= 15 is 0 Å². The molecule has 0 spiro atoms. The standard InChI is InChI=1S/C21H18Cl2.Zr/c1-21(2,17-11-13-7-3-5-9-15(13)19(17)22)18-12-14-8-4-6-10-16(14)20(18)23;/h3-12,19-20H,1-2H3;. The zero-order valence-corrected chi connectivity index (χ0v) is 17.7. The summed E-state index contributed by atoms with van der Waals surface area (Å²) in [5.41, 5.74) is 7.10. The van der Waals surface area contributed by atoms with Crippen LogP contribution in [0.3, 0.4) is 0 Å². The molecule has 0 fully saturated rings. The second kappa shape index (κ2) is 6.60. The smallest absolute Gasteiger partial charge is 0.0812 e. The van der Waals surface area contributed by atoms with Gasteiger partial charge >= 0.3 is 0 Å². The van der Waals surface area contributed by atoms with Gasteiger partial charge in [-0.25, -0.2) is 0 Å². The molecule has 0 saturated heterocycles. The van der Waals surface area contributed by atoms with Gasteiger partial charge < -0.3 is 0 Å². The first-order valence-electron chi connectivity index (χ1n) is 7.90. The van der Waals surface area contributed by atoms with Crippen molar-refractivity contribution in [3.63, 3.8) is 0 Å². The van der Waals surface area contributed by atoms with Gasteiger partial charge in [-0.05, 0) is 33.4 Å². The molecular formula is C21H18Cl2Zr. The van der Waals surface area contributed by atoms with Crippen molar-refractivity contribution in [2.24, 2.45) is 5.41 Å². The molecule has 4 rings (SSSR count). The minimum Gasteiger partial charge on any atom is -0.113 e. The van der Waals surface area contributed by atoms with Crippen molar-refractivity contribution < 1.29 is 26.2 Å². The van der Waals surface area contributed by atoms with E-state index in [1.54, 1.807) is 0 Å². The largest absolute Gasteiger partial charge is 0.113 e. The van der Waals surface area contributed by atoms with Crippen molar-refractivity contribution in [1.82, 2.24) is 0 Å². The van der Waals surface area contributed by atoms with Crippen molar-refractivity contribution in [3.05, 3.63) is 81.9 Å². The second-order valence-corrected chi connectivity index (χ2v) is 7.68. The van der Waals surface area contributed by atoms with Crippen LogP contribution in [0, 0.1) is 5.41 Å². The molecule has 24 heavy (non-hydrogen) atoms. The van der Waals surface area contributed by atoms with Gasteiger partial charge in [-0.1, -0.05) is 74.5 Å². The summed E-state index contributed by atoms with van der Waals surface area (Å²) in [5, 5.41) is -0.177. The Bertz CT molecular complexity index is 779. The van der Waals surface area contributed by atoms with Crippen LogP contribution in [-0.4, -0.2) is 0 Å². The van der Waals surface area contributed by atoms with E-state index in [4.69, 9.17) is 23.2 Å². The van der Waals surface area contributed by atoms with Crippen LogP contribution < -0.4 is 0 Å². The van der Waals surface area contributed by atoms with E-state index in [9.17, 15) is 0 Å². The van der Waals surface area contributed by atoms with E-state index in [0.29, 0.717) is 0 Å².